The molecule has 0 saturated heterocycles. The molecule has 4 rings (SSSR count). The first kappa shape index (κ1) is 25.8. The predicted octanol–water partition coefficient (Wildman–Crippen LogP) is 5.03. The van der Waals surface area contributed by atoms with E-state index in [4.69, 9.17) is 4.98 Å². The molecule has 1 amide bonds. The van der Waals surface area contributed by atoms with Crippen LogP contribution in [0.25, 0.3) is 10.2 Å². The number of carbonyl (C=O) groups excluding carboxylic acids is 1. The van der Waals surface area contributed by atoms with Crippen molar-refractivity contribution in [2.24, 2.45) is 0 Å². The average Bonchev–Trinajstić information content (AvgIpc) is 3.31. The van der Waals surface area contributed by atoms with Crippen LogP contribution in [0.15, 0.2) is 77.7 Å². The van der Waals surface area contributed by atoms with Crippen molar-refractivity contribution in [3.63, 3.8) is 0 Å². The summed E-state index contributed by atoms with van der Waals surface area (Å²) in [5.74, 6) is -0.203. The number of hydrogen-bond acceptors (Lipinski definition) is 6. The maximum absolute atomic E-state index is 13.6. The Labute approximate surface area is 216 Å². The van der Waals surface area contributed by atoms with Crippen LogP contribution in [0.1, 0.15) is 22.3 Å². The Bertz CT molecular complexity index is 1450. The second-order valence-corrected chi connectivity index (χ2v) is 11.8. The van der Waals surface area contributed by atoms with Crippen LogP contribution >= 0.6 is 11.3 Å². The summed E-state index contributed by atoms with van der Waals surface area (Å²) < 4.78 is 28.5. The van der Waals surface area contributed by atoms with E-state index in [0.717, 1.165) is 28.7 Å². The Morgan fingerprint density at radius 3 is 2.22 bits per heavy atom. The van der Waals surface area contributed by atoms with Crippen molar-refractivity contribution >= 4 is 48.3 Å². The molecule has 3 aromatic carbocycles. The van der Waals surface area contributed by atoms with Gasteiger partial charge in [-0.1, -0.05) is 41.7 Å². The lowest BCUT2D eigenvalue weighted by Crippen LogP contribution is -2.33. The summed E-state index contributed by atoms with van der Waals surface area (Å²) in [7, 11) is 1.76. The molecule has 0 bridgehead atoms. The number of rotatable bonds is 9. The molecule has 0 aliphatic carbocycles. The van der Waals surface area contributed by atoms with Crippen LogP contribution < -0.4 is 9.21 Å². The van der Waals surface area contributed by atoms with Crippen molar-refractivity contribution in [2.45, 2.75) is 18.2 Å². The maximum atomic E-state index is 13.6. The average molecular weight is 523 g/mol. The minimum atomic E-state index is -3.76. The van der Waals surface area contributed by atoms with Crippen LogP contribution in [0.5, 0.6) is 0 Å². The minimum absolute atomic E-state index is 0.125. The van der Waals surface area contributed by atoms with Crippen molar-refractivity contribution in [3.8, 4) is 0 Å². The van der Waals surface area contributed by atoms with Crippen LogP contribution in [0, 0.1) is 6.92 Å². The molecule has 7 nitrogen and oxygen atoms in total. The van der Waals surface area contributed by atoms with Crippen LogP contribution in [-0.2, 0) is 10.0 Å². The second kappa shape index (κ2) is 10.8. The molecule has 188 valence electrons. The Balaban J connectivity index is 1.62. The number of thiazole rings is 1. The number of aromatic nitrogens is 1. The summed E-state index contributed by atoms with van der Waals surface area (Å²) in [5, 5.41) is 0.642. The molecule has 36 heavy (non-hydrogen) atoms. The first-order chi connectivity index (χ1) is 17.2. The van der Waals surface area contributed by atoms with E-state index in [2.05, 4.69) is 4.90 Å². The Hall–Kier alpha value is -3.27. The second-order valence-electron chi connectivity index (χ2n) is 8.86. The van der Waals surface area contributed by atoms with E-state index < -0.39 is 10.0 Å². The first-order valence-corrected chi connectivity index (χ1v) is 13.9. The zero-order chi connectivity index (χ0) is 25.9. The summed E-state index contributed by atoms with van der Waals surface area (Å²) in [6.45, 7) is 3.35. The van der Waals surface area contributed by atoms with Gasteiger partial charge in [0, 0.05) is 19.2 Å². The fourth-order valence-corrected chi connectivity index (χ4v) is 6.14. The van der Waals surface area contributed by atoms with Gasteiger partial charge >= 0.3 is 0 Å². The van der Waals surface area contributed by atoms with Gasteiger partial charge in [0.1, 0.15) is 0 Å². The third-order valence-corrected chi connectivity index (χ3v) is 8.80. The minimum Gasteiger partial charge on any atom is -0.309 e. The van der Waals surface area contributed by atoms with Gasteiger partial charge < -0.3 is 4.90 Å². The van der Waals surface area contributed by atoms with Gasteiger partial charge in [0.15, 0.2) is 5.13 Å². The molecule has 1 aromatic heterocycles. The largest absolute Gasteiger partial charge is 0.309 e. The number of fused-ring (bicyclic) bond motifs is 1. The number of para-hydroxylation sites is 2. The number of carbonyl (C=O) groups is 1. The molecule has 9 heteroatoms. The van der Waals surface area contributed by atoms with Crippen LogP contribution in [-0.4, -0.2) is 58.4 Å². The number of anilines is 2. The highest BCUT2D eigenvalue weighted by Gasteiger charge is 2.24. The molecule has 0 unspecified atom stereocenters. The highest BCUT2D eigenvalue weighted by atomic mass is 32.2. The van der Waals surface area contributed by atoms with E-state index in [0.29, 0.717) is 22.9 Å². The lowest BCUT2D eigenvalue weighted by Gasteiger charge is -2.22. The highest BCUT2D eigenvalue weighted by Crippen LogP contribution is 2.32. The van der Waals surface area contributed by atoms with E-state index >= 15 is 0 Å². The zero-order valence-electron chi connectivity index (χ0n) is 20.9. The molecule has 1 heterocycles. The quantitative estimate of drug-likeness (QED) is 0.308. The van der Waals surface area contributed by atoms with E-state index in [9.17, 15) is 13.2 Å². The Morgan fingerprint density at radius 2 is 1.58 bits per heavy atom. The van der Waals surface area contributed by atoms with Gasteiger partial charge in [-0.2, -0.15) is 0 Å². The molecule has 0 atom stereocenters. The molecule has 0 fully saturated rings. The molecule has 0 radical (unpaired) electrons. The van der Waals surface area contributed by atoms with Gasteiger partial charge in [-0.15, -0.1) is 0 Å². The predicted molar refractivity (Wildman–Crippen MR) is 148 cm³/mol. The van der Waals surface area contributed by atoms with E-state index in [1.54, 1.807) is 41.3 Å². The normalized spacial score (nSPS) is 11.7. The molecular weight excluding hydrogens is 492 g/mol. The summed E-state index contributed by atoms with van der Waals surface area (Å²) in [4.78, 5) is 22.3. The van der Waals surface area contributed by atoms with Crippen LogP contribution in [0.2, 0.25) is 0 Å². The highest BCUT2D eigenvalue weighted by molar-refractivity contribution is 7.92. The van der Waals surface area contributed by atoms with Crippen LogP contribution in [0.3, 0.4) is 0 Å². The van der Waals surface area contributed by atoms with Crippen molar-refractivity contribution in [3.05, 3.63) is 83.9 Å². The van der Waals surface area contributed by atoms with E-state index in [1.165, 1.54) is 34.8 Å². The third-order valence-electron chi connectivity index (χ3n) is 5.95. The standard InChI is InChI=1S/C27H30N4O3S2/c1-20-10-8-13-24-25(20)28-27(35-24)31(19-9-18-29(2)3)26(32)21-14-16-23(17-15-21)36(33,34)30(4)22-11-6-5-7-12-22/h5-8,10-17H,9,18-19H2,1-4H3. The molecule has 0 saturated carbocycles. The van der Waals surface area contributed by atoms with Crippen molar-refractivity contribution in [1.29, 1.82) is 0 Å². The van der Waals surface area contributed by atoms with Gasteiger partial charge in [0.05, 0.1) is 20.8 Å². The Kier molecular flexibility index (Phi) is 7.73. The van der Waals surface area contributed by atoms with Crippen LogP contribution in [0.4, 0.5) is 10.8 Å². The zero-order valence-corrected chi connectivity index (χ0v) is 22.5. The summed E-state index contributed by atoms with van der Waals surface area (Å²) in [6, 6.07) is 21.0. The number of amides is 1. The Morgan fingerprint density at radius 1 is 0.889 bits per heavy atom. The number of aryl methyl sites for hydroxylation is 1. The lowest BCUT2D eigenvalue weighted by atomic mass is 10.2. The number of sulfonamides is 1. The third kappa shape index (κ3) is 5.43. The molecule has 0 N–H and O–H groups in total. The van der Waals surface area contributed by atoms with Gasteiger partial charge in [0.25, 0.3) is 15.9 Å². The van der Waals surface area contributed by atoms with E-state index in [1.807, 2.05) is 45.3 Å². The van der Waals surface area contributed by atoms with Gasteiger partial charge in [-0.05, 0) is 82.0 Å². The van der Waals surface area contributed by atoms with Crippen molar-refractivity contribution in [2.75, 3.05) is 43.4 Å². The number of nitrogens with zero attached hydrogens (tertiary/aromatic N) is 4. The topological polar surface area (TPSA) is 73.8 Å². The van der Waals surface area contributed by atoms with Gasteiger partial charge in [-0.25, -0.2) is 13.4 Å². The SMILES string of the molecule is Cc1cccc2sc(N(CCCN(C)C)C(=O)c3ccc(S(=O)(=O)N(C)c4ccccc4)cc3)nc12. The van der Waals surface area contributed by atoms with Gasteiger partial charge in [0.2, 0.25) is 0 Å². The molecule has 4 aromatic rings. The van der Waals surface area contributed by atoms with E-state index in [-0.39, 0.29) is 10.8 Å². The molecule has 0 spiro atoms. The van der Waals surface area contributed by atoms with Gasteiger partial charge in [-0.3, -0.25) is 14.0 Å². The first-order valence-electron chi connectivity index (χ1n) is 11.7. The summed E-state index contributed by atoms with van der Waals surface area (Å²) in [5.41, 5.74) is 2.94. The maximum Gasteiger partial charge on any atom is 0.264 e. The fraction of sp³-hybridized carbons (Fsp3) is 0.259. The number of hydrogen-bond donors (Lipinski definition) is 0. The van der Waals surface area contributed by atoms with Crippen molar-refractivity contribution in [1.82, 2.24) is 9.88 Å². The fourth-order valence-electron chi connectivity index (χ4n) is 3.88. The summed E-state index contributed by atoms with van der Waals surface area (Å²) in [6.07, 6.45) is 0.780. The lowest BCUT2D eigenvalue weighted by molar-refractivity contribution is 0.0986. The number of benzene rings is 3. The molecule has 0 aliphatic heterocycles. The molecular formula is C27H30N4O3S2. The smallest absolute Gasteiger partial charge is 0.264 e. The summed E-state index contributed by atoms with van der Waals surface area (Å²) >= 11 is 1.49. The van der Waals surface area contributed by atoms with Crippen molar-refractivity contribution < 1.29 is 13.2 Å². The monoisotopic (exact) mass is 522 g/mol. The molecule has 0 aliphatic rings.